The number of carbonyl (C=O) groups excluding carboxylic acids is 2. The third kappa shape index (κ3) is 4.49. The summed E-state index contributed by atoms with van der Waals surface area (Å²) in [6.07, 6.45) is 4.43. The first kappa shape index (κ1) is 16.4. The van der Waals surface area contributed by atoms with E-state index in [4.69, 9.17) is 4.74 Å². The van der Waals surface area contributed by atoms with Crippen LogP contribution in [0.4, 0.5) is 5.13 Å². The lowest BCUT2D eigenvalue weighted by atomic mass is 9.96. The highest BCUT2D eigenvalue weighted by molar-refractivity contribution is 7.13. The van der Waals surface area contributed by atoms with E-state index in [2.05, 4.69) is 15.6 Å². The summed E-state index contributed by atoms with van der Waals surface area (Å²) in [5, 5.41) is 17.5. The van der Waals surface area contributed by atoms with Gasteiger partial charge in [-0.25, -0.2) is 4.98 Å². The second-order valence-electron chi connectivity index (χ2n) is 6.04. The van der Waals surface area contributed by atoms with Crippen molar-refractivity contribution in [2.45, 2.75) is 50.4 Å². The Morgan fingerprint density at radius 1 is 1.35 bits per heavy atom. The molecular weight excluding hydrogens is 318 g/mol. The van der Waals surface area contributed by atoms with Gasteiger partial charge >= 0.3 is 0 Å². The molecule has 1 aliphatic carbocycles. The minimum Gasteiger partial charge on any atom is -0.394 e. The number of aromatic nitrogens is 1. The van der Waals surface area contributed by atoms with E-state index in [0.29, 0.717) is 18.0 Å². The molecule has 0 unspecified atom stereocenters. The van der Waals surface area contributed by atoms with Crippen molar-refractivity contribution in [2.24, 2.45) is 5.92 Å². The first-order chi connectivity index (χ1) is 11.2. The zero-order valence-electron chi connectivity index (χ0n) is 12.7. The van der Waals surface area contributed by atoms with E-state index in [0.717, 1.165) is 12.8 Å². The minimum absolute atomic E-state index is 0.0528. The smallest absolute Gasteiger partial charge is 0.228 e. The standard InChI is InChI=1S/C15H21N3O4S/c19-8-12-11(17-14(21)9-1-2-9)4-3-10(22-12)7-13(20)18-15-16-5-6-23-15/h5-6,9-12,19H,1-4,7-8H2,(H,17,21)(H,16,18,20)/t10-,11+,12-/m1/s1. The molecule has 1 saturated heterocycles. The van der Waals surface area contributed by atoms with Crippen LogP contribution in [0.2, 0.25) is 0 Å². The molecular formula is C15H21N3O4S. The molecule has 2 fully saturated rings. The van der Waals surface area contributed by atoms with Crippen LogP contribution in [-0.4, -0.2) is 46.8 Å². The quantitative estimate of drug-likeness (QED) is 0.715. The van der Waals surface area contributed by atoms with Gasteiger partial charge in [-0.2, -0.15) is 0 Å². The highest BCUT2D eigenvalue weighted by Crippen LogP contribution is 2.30. The fraction of sp³-hybridized carbons (Fsp3) is 0.667. The zero-order chi connectivity index (χ0) is 16.2. The maximum atomic E-state index is 12.0. The molecule has 0 radical (unpaired) electrons. The maximum Gasteiger partial charge on any atom is 0.228 e. The summed E-state index contributed by atoms with van der Waals surface area (Å²) in [6.45, 7) is -0.166. The van der Waals surface area contributed by atoms with E-state index in [1.165, 1.54) is 11.3 Å². The number of nitrogens with zero attached hydrogens (tertiary/aromatic N) is 1. The summed E-state index contributed by atoms with van der Waals surface area (Å²) in [7, 11) is 0. The van der Waals surface area contributed by atoms with Gasteiger partial charge in [-0.3, -0.25) is 9.59 Å². The number of nitrogens with one attached hydrogen (secondary N) is 2. The van der Waals surface area contributed by atoms with Crippen LogP contribution in [0.1, 0.15) is 32.1 Å². The van der Waals surface area contributed by atoms with Crippen LogP contribution in [0.5, 0.6) is 0 Å². The summed E-state index contributed by atoms with van der Waals surface area (Å²) < 4.78 is 5.80. The van der Waals surface area contributed by atoms with Gasteiger partial charge in [0, 0.05) is 17.5 Å². The van der Waals surface area contributed by atoms with Gasteiger partial charge in [-0.15, -0.1) is 11.3 Å². The summed E-state index contributed by atoms with van der Waals surface area (Å²) in [4.78, 5) is 27.8. The largest absolute Gasteiger partial charge is 0.394 e. The number of hydrogen-bond donors (Lipinski definition) is 3. The second-order valence-corrected chi connectivity index (χ2v) is 6.93. The van der Waals surface area contributed by atoms with E-state index in [-0.39, 0.29) is 42.9 Å². The lowest BCUT2D eigenvalue weighted by molar-refractivity contribution is -0.134. The first-order valence-corrected chi connectivity index (χ1v) is 8.79. The highest BCUT2D eigenvalue weighted by atomic mass is 32.1. The van der Waals surface area contributed by atoms with Crippen LogP contribution < -0.4 is 10.6 Å². The number of amides is 2. The fourth-order valence-electron chi connectivity index (χ4n) is 2.76. The van der Waals surface area contributed by atoms with Gasteiger partial charge in [-0.1, -0.05) is 0 Å². The average molecular weight is 339 g/mol. The van der Waals surface area contributed by atoms with Gasteiger partial charge in [0.25, 0.3) is 0 Å². The van der Waals surface area contributed by atoms with E-state index >= 15 is 0 Å². The molecule has 0 spiro atoms. The van der Waals surface area contributed by atoms with Gasteiger partial charge in [-0.05, 0) is 25.7 Å². The predicted molar refractivity (Wildman–Crippen MR) is 85.0 cm³/mol. The summed E-state index contributed by atoms with van der Waals surface area (Å²) in [5.74, 6) is 0.0373. The lowest BCUT2D eigenvalue weighted by Gasteiger charge is -2.36. The van der Waals surface area contributed by atoms with Crippen molar-refractivity contribution in [1.82, 2.24) is 10.3 Å². The van der Waals surface area contributed by atoms with Gasteiger partial charge in [0.2, 0.25) is 11.8 Å². The van der Waals surface area contributed by atoms with Crippen molar-refractivity contribution in [1.29, 1.82) is 0 Å². The van der Waals surface area contributed by atoms with E-state index in [1.54, 1.807) is 11.6 Å². The number of rotatable bonds is 6. The molecule has 3 atom stereocenters. The van der Waals surface area contributed by atoms with Crippen molar-refractivity contribution >= 4 is 28.3 Å². The molecule has 126 valence electrons. The molecule has 0 aromatic carbocycles. The van der Waals surface area contributed by atoms with Crippen molar-refractivity contribution in [2.75, 3.05) is 11.9 Å². The molecule has 1 aromatic rings. The molecule has 3 rings (SSSR count). The number of hydrogen-bond acceptors (Lipinski definition) is 6. The normalized spacial score (nSPS) is 27.4. The first-order valence-electron chi connectivity index (χ1n) is 7.91. The Morgan fingerprint density at radius 2 is 2.17 bits per heavy atom. The zero-order valence-corrected chi connectivity index (χ0v) is 13.6. The number of aliphatic hydroxyl groups excluding tert-OH is 1. The van der Waals surface area contributed by atoms with Crippen molar-refractivity contribution in [3.63, 3.8) is 0 Å². The van der Waals surface area contributed by atoms with Crippen LogP contribution in [-0.2, 0) is 14.3 Å². The third-order valence-electron chi connectivity index (χ3n) is 4.16. The molecule has 23 heavy (non-hydrogen) atoms. The molecule has 0 bridgehead atoms. The van der Waals surface area contributed by atoms with Crippen LogP contribution >= 0.6 is 11.3 Å². The number of carbonyl (C=O) groups is 2. The Hall–Kier alpha value is -1.51. The van der Waals surface area contributed by atoms with Gasteiger partial charge in [0.05, 0.1) is 25.2 Å². The summed E-state index contributed by atoms with van der Waals surface area (Å²) in [6, 6.07) is -0.175. The Bertz CT molecular complexity index is 547. The van der Waals surface area contributed by atoms with Gasteiger partial charge < -0.3 is 20.5 Å². The Morgan fingerprint density at radius 3 is 2.83 bits per heavy atom. The molecule has 2 amide bonds. The Balaban J connectivity index is 1.47. The number of ether oxygens (including phenoxy) is 1. The SMILES string of the molecule is O=C(C[C@H]1CC[C@H](NC(=O)C2CC2)[C@@H](CO)O1)Nc1nccs1. The molecule has 7 nitrogen and oxygen atoms in total. The molecule has 1 aliphatic heterocycles. The van der Waals surface area contributed by atoms with Crippen molar-refractivity contribution < 1.29 is 19.4 Å². The Labute approximate surface area is 138 Å². The Kier molecular flexibility index (Phi) is 5.24. The molecule has 1 saturated carbocycles. The minimum atomic E-state index is -0.455. The van der Waals surface area contributed by atoms with Crippen LogP contribution in [0.15, 0.2) is 11.6 Å². The number of anilines is 1. The van der Waals surface area contributed by atoms with Crippen LogP contribution in [0, 0.1) is 5.92 Å². The molecule has 1 aromatic heterocycles. The number of aliphatic hydroxyl groups is 1. The monoisotopic (exact) mass is 339 g/mol. The maximum absolute atomic E-state index is 12.0. The topological polar surface area (TPSA) is 101 Å². The van der Waals surface area contributed by atoms with Crippen molar-refractivity contribution in [3.05, 3.63) is 11.6 Å². The molecule has 2 aliphatic rings. The summed E-state index contributed by atoms with van der Waals surface area (Å²) >= 11 is 1.36. The lowest BCUT2D eigenvalue weighted by Crippen LogP contribution is -2.51. The average Bonchev–Trinajstić information content (AvgIpc) is 3.27. The summed E-state index contributed by atoms with van der Waals surface area (Å²) in [5.41, 5.74) is 0. The highest BCUT2D eigenvalue weighted by Gasteiger charge is 2.36. The van der Waals surface area contributed by atoms with E-state index in [9.17, 15) is 14.7 Å². The van der Waals surface area contributed by atoms with E-state index in [1.807, 2.05) is 0 Å². The third-order valence-corrected chi connectivity index (χ3v) is 4.85. The molecule has 8 heteroatoms. The van der Waals surface area contributed by atoms with Crippen LogP contribution in [0.25, 0.3) is 0 Å². The molecule has 2 heterocycles. The van der Waals surface area contributed by atoms with Crippen LogP contribution in [0.3, 0.4) is 0 Å². The van der Waals surface area contributed by atoms with Gasteiger partial charge in [0.1, 0.15) is 6.10 Å². The second kappa shape index (κ2) is 7.37. The fourth-order valence-corrected chi connectivity index (χ4v) is 3.30. The van der Waals surface area contributed by atoms with E-state index < -0.39 is 6.10 Å². The van der Waals surface area contributed by atoms with Crippen molar-refractivity contribution in [3.8, 4) is 0 Å². The molecule has 3 N–H and O–H groups in total. The van der Waals surface area contributed by atoms with Gasteiger partial charge in [0.15, 0.2) is 5.13 Å². The number of thiazole rings is 1. The predicted octanol–water partition coefficient (Wildman–Crippen LogP) is 0.906.